The average molecular weight is 366 g/mol. The predicted molar refractivity (Wildman–Crippen MR) is 101 cm³/mol. The van der Waals surface area contributed by atoms with Gasteiger partial charge in [0.25, 0.3) is 11.8 Å². The molecule has 0 bridgehead atoms. The van der Waals surface area contributed by atoms with Crippen LogP contribution in [0.2, 0.25) is 0 Å². The first kappa shape index (κ1) is 17.6. The minimum absolute atomic E-state index is 0.102. The molecule has 0 aliphatic heterocycles. The third kappa shape index (κ3) is 4.64. The van der Waals surface area contributed by atoms with Crippen LogP contribution in [0, 0.1) is 5.82 Å². The molecular formula is C20H15FN2O2S. The zero-order valence-electron chi connectivity index (χ0n) is 13.6. The first-order valence-corrected chi connectivity index (χ1v) is 8.68. The molecule has 2 amide bonds. The van der Waals surface area contributed by atoms with E-state index in [2.05, 4.69) is 10.6 Å². The Labute approximate surface area is 154 Å². The first-order chi connectivity index (χ1) is 12.6. The molecule has 0 unspecified atom stereocenters. The van der Waals surface area contributed by atoms with E-state index in [0.29, 0.717) is 11.3 Å². The highest BCUT2D eigenvalue weighted by Gasteiger charge is 2.15. The summed E-state index contributed by atoms with van der Waals surface area (Å²) in [5, 5.41) is 7.18. The van der Waals surface area contributed by atoms with E-state index in [1.54, 1.807) is 36.4 Å². The predicted octanol–water partition coefficient (Wildman–Crippen LogP) is 4.30. The van der Waals surface area contributed by atoms with E-state index in [-0.39, 0.29) is 11.6 Å². The fraction of sp³-hybridized carbons (Fsp3) is 0. The van der Waals surface area contributed by atoms with E-state index in [4.69, 9.17) is 0 Å². The molecular weight excluding hydrogens is 351 g/mol. The van der Waals surface area contributed by atoms with Crippen molar-refractivity contribution in [3.05, 3.63) is 94.1 Å². The van der Waals surface area contributed by atoms with Gasteiger partial charge in [0.1, 0.15) is 11.5 Å². The van der Waals surface area contributed by atoms with Crippen molar-refractivity contribution in [3.8, 4) is 0 Å². The van der Waals surface area contributed by atoms with Crippen molar-refractivity contribution >= 4 is 34.9 Å². The highest BCUT2D eigenvalue weighted by molar-refractivity contribution is 7.10. The van der Waals surface area contributed by atoms with E-state index in [1.807, 2.05) is 17.5 Å². The van der Waals surface area contributed by atoms with Gasteiger partial charge in [-0.1, -0.05) is 24.3 Å². The van der Waals surface area contributed by atoms with Crippen LogP contribution in [0.15, 0.2) is 77.8 Å². The molecule has 0 atom stereocenters. The summed E-state index contributed by atoms with van der Waals surface area (Å²) in [5.74, 6) is -1.27. The van der Waals surface area contributed by atoms with Gasteiger partial charge in [0.05, 0.1) is 0 Å². The van der Waals surface area contributed by atoms with E-state index in [9.17, 15) is 14.0 Å². The fourth-order valence-electron chi connectivity index (χ4n) is 2.19. The third-order valence-electron chi connectivity index (χ3n) is 3.46. The second-order valence-corrected chi connectivity index (χ2v) is 6.33. The summed E-state index contributed by atoms with van der Waals surface area (Å²) in [5.41, 5.74) is 0.979. The van der Waals surface area contributed by atoms with Gasteiger partial charge in [0, 0.05) is 16.1 Å². The second-order valence-electron chi connectivity index (χ2n) is 5.35. The lowest BCUT2D eigenvalue weighted by molar-refractivity contribution is -0.113. The first-order valence-electron chi connectivity index (χ1n) is 7.80. The molecule has 4 nitrogen and oxygen atoms in total. The normalized spacial score (nSPS) is 11.0. The van der Waals surface area contributed by atoms with Gasteiger partial charge in [-0.05, 0) is 53.9 Å². The SMILES string of the molecule is O=C(Nc1ccc(F)cc1)/C(=C/c1cccs1)NC(=O)c1ccccc1. The molecule has 0 aliphatic carbocycles. The molecule has 1 heterocycles. The maximum atomic E-state index is 13.0. The molecule has 0 saturated carbocycles. The lowest BCUT2D eigenvalue weighted by atomic mass is 10.2. The van der Waals surface area contributed by atoms with Gasteiger partial charge in [-0.25, -0.2) is 4.39 Å². The van der Waals surface area contributed by atoms with Crippen molar-refractivity contribution in [1.82, 2.24) is 5.32 Å². The minimum atomic E-state index is -0.491. The molecule has 6 heteroatoms. The minimum Gasteiger partial charge on any atom is -0.321 e. The average Bonchev–Trinajstić information content (AvgIpc) is 3.17. The molecule has 0 saturated heterocycles. The number of carbonyl (C=O) groups is 2. The van der Waals surface area contributed by atoms with Crippen LogP contribution in [0.5, 0.6) is 0 Å². The largest absolute Gasteiger partial charge is 0.321 e. The molecule has 0 radical (unpaired) electrons. The second kappa shape index (κ2) is 8.22. The fourth-order valence-corrected chi connectivity index (χ4v) is 2.85. The van der Waals surface area contributed by atoms with E-state index >= 15 is 0 Å². The van der Waals surface area contributed by atoms with Crippen molar-refractivity contribution in [2.24, 2.45) is 0 Å². The summed E-state index contributed by atoms with van der Waals surface area (Å²) in [6.45, 7) is 0. The summed E-state index contributed by atoms with van der Waals surface area (Å²) in [7, 11) is 0. The molecule has 0 aliphatic rings. The standard InChI is InChI=1S/C20H15FN2O2S/c21-15-8-10-16(11-9-15)22-20(25)18(13-17-7-4-12-26-17)23-19(24)14-5-2-1-3-6-14/h1-13H,(H,22,25)(H,23,24)/b18-13-. The Bertz CT molecular complexity index is 920. The van der Waals surface area contributed by atoms with Crippen LogP contribution in [-0.2, 0) is 4.79 Å². The van der Waals surface area contributed by atoms with E-state index in [1.165, 1.54) is 35.6 Å². The smallest absolute Gasteiger partial charge is 0.272 e. The van der Waals surface area contributed by atoms with Crippen molar-refractivity contribution in [2.45, 2.75) is 0 Å². The van der Waals surface area contributed by atoms with Gasteiger partial charge in [-0.3, -0.25) is 9.59 Å². The summed E-state index contributed by atoms with van der Waals surface area (Å²) < 4.78 is 13.0. The van der Waals surface area contributed by atoms with Gasteiger partial charge >= 0.3 is 0 Å². The molecule has 26 heavy (non-hydrogen) atoms. The van der Waals surface area contributed by atoms with Crippen molar-refractivity contribution in [2.75, 3.05) is 5.32 Å². The van der Waals surface area contributed by atoms with E-state index < -0.39 is 11.7 Å². The maximum absolute atomic E-state index is 13.0. The number of anilines is 1. The van der Waals surface area contributed by atoms with Crippen LogP contribution in [0.25, 0.3) is 6.08 Å². The van der Waals surface area contributed by atoms with Gasteiger partial charge in [-0.2, -0.15) is 0 Å². The molecule has 0 spiro atoms. The molecule has 130 valence electrons. The maximum Gasteiger partial charge on any atom is 0.272 e. The molecule has 3 rings (SSSR count). The highest BCUT2D eigenvalue weighted by Crippen LogP contribution is 2.15. The van der Waals surface area contributed by atoms with E-state index in [0.717, 1.165) is 4.88 Å². The Hall–Kier alpha value is -3.25. The topological polar surface area (TPSA) is 58.2 Å². The number of rotatable bonds is 5. The van der Waals surface area contributed by atoms with Crippen LogP contribution in [0.4, 0.5) is 10.1 Å². The number of benzene rings is 2. The number of hydrogen-bond acceptors (Lipinski definition) is 3. The number of halogens is 1. The quantitative estimate of drug-likeness (QED) is 0.662. The van der Waals surface area contributed by atoms with Crippen molar-refractivity contribution in [1.29, 1.82) is 0 Å². The summed E-state index contributed by atoms with van der Waals surface area (Å²) in [6.07, 6.45) is 1.60. The highest BCUT2D eigenvalue weighted by atomic mass is 32.1. The summed E-state index contributed by atoms with van der Waals surface area (Å²) in [6, 6.07) is 17.7. The van der Waals surface area contributed by atoms with Gasteiger partial charge in [0.2, 0.25) is 0 Å². The van der Waals surface area contributed by atoms with Gasteiger partial charge < -0.3 is 10.6 Å². The number of amides is 2. The van der Waals surface area contributed by atoms with Crippen molar-refractivity contribution < 1.29 is 14.0 Å². The van der Waals surface area contributed by atoms with Crippen LogP contribution < -0.4 is 10.6 Å². The van der Waals surface area contributed by atoms with Crippen LogP contribution in [0.1, 0.15) is 15.2 Å². The summed E-state index contributed by atoms with van der Waals surface area (Å²) >= 11 is 1.44. The zero-order valence-corrected chi connectivity index (χ0v) is 14.4. The Morgan fingerprint density at radius 1 is 0.923 bits per heavy atom. The number of carbonyl (C=O) groups excluding carboxylic acids is 2. The van der Waals surface area contributed by atoms with Gasteiger partial charge in [-0.15, -0.1) is 11.3 Å². The molecule has 3 aromatic rings. The lowest BCUT2D eigenvalue weighted by Crippen LogP contribution is -2.30. The zero-order chi connectivity index (χ0) is 18.4. The molecule has 0 fully saturated rings. The summed E-state index contributed by atoms with van der Waals surface area (Å²) in [4.78, 5) is 25.8. The molecule has 2 N–H and O–H groups in total. The Morgan fingerprint density at radius 2 is 1.65 bits per heavy atom. The van der Waals surface area contributed by atoms with Crippen LogP contribution >= 0.6 is 11.3 Å². The van der Waals surface area contributed by atoms with Gasteiger partial charge in [0.15, 0.2) is 0 Å². The molecule has 2 aromatic carbocycles. The monoisotopic (exact) mass is 366 g/mol. The molecule has 1 aromatic heterocycles. The number of thiophene rings is 1. The Morgan fingerprint density at radius 3 is 2.31 bits per heavy atom. The number of hydrogen-bond donors (Lipinski definition) is 2. The Kier molecular flexibility index (Phi) is 5.56. The van der Waals surface area contributed by atoms with Crippen LogP contribution in [-0.4, -0.2) is 11.8 Å². The Balaban J connectivity index is 1.82. The van der Waals surface area contributed by atoms with Crippen molar-refractivity contribution in [3.63, 3.8) is 0 Å². The third-order valence-corrected chi connectivity index (χ3v) is 4.28. The number of nitrogens with one attached hydrogen (secondary N) is 2. The lowest BCUT2D eigenvalue weighted by Gasteiger charge is -2.11. The van der Waals surface area contributed by atoms with Crippen LogP contribution in [0.3, 0.4) is 0 Å².